The topological polar surface area (TPSA) is 155 Å². The van der Waals surface area contributed by atoms with Crippen LogP contribution in [0.4, 0.5) is 27.3 Å². The number of fused-ring (bicyclic) bond motifs is 4. The summed E-state index contributed by atoms with van der Waals surface area (Å²) in [5, 5.41) is 12.5. The van der Waals surface area contributed by atoms with E-state index in [1.807, 2.05) is 56.3 Å². The number of piperidine rings is 1. The van der Waals surface area contributed by atoms with Gasteiger partial charge in [0, 0.05) is 81.8 Å². The molecule has 0 bridgehead atoms. The van der Waals surface area contributed by atoms with Crippen LogP contribution in [0.15, 0.2) is 66.7 Å². The summed E-state index contributed by atoms with van der Waals surface area (Å²) in [7, 11) is 1.76. The lowest BCUT2D eigenvalue weighted by Crippen LogP contribution is -2.55. The van der Waals surface area contributed by atoms with Gasteiger partial charge in [0.25, 0.3) is 11.8 Å². The van der Waals surface area contributed by atoms with Crippen molar-refractivity contribution < 1.29 is 28.4 Å². The number of benzene rings is 3. The van der Waals surface area contributed by atoms with Gasteiger partial charge in [-0.25, -0.2) is 4.98 Å². The lowest BCUT2D eigenvalue weighted by Gasteiger charge is -2.44. The highest BCUT2D eigenvalue weighted by Crippen LogP contribution is 2.47. The van der Waals surface area contributed by atoms with Crippen molar-refractivity contribution in [1.29, 1.82) is 5.26 Å². The summed E-state index contributed by atoms with van der Waals surface area (Å²) < 4.78 is 17.5. The number of halogens is 2. The number of nitriles is 1. The van der Waals surface area contributed by atoms with Crippen molar-refractivity contribution in [2.45, 2.75) is 38.1 Å². The SMILES string of the molecule is Cn1c2c(c3ccc(N4CCN(CC5CN(c6ccc(-c7ccc8c(c7)C(C)(C)C(=O)N8c7ccc(C#N)c(Cl)c7)c(F)n6)C5)CC4)cc31)C(=O)N(C1CCC(=O)NC1=O)C2=O. The highest BCUT2D eigenvalue weighted by Gasteiger charge is 2.48. The summed E-state index contributed by atoms with van der Waals surface area (Å²) in [6.07, 6.45) is 0.177. The monoisotopic (exact) mass is 853 g/mol. The minimum atomic E-state index is -1.01. The first-order valence-electron chi connectivity index (χ1n) is 20.7. The van der Waals surface area contributed by atoms with Gasteiger partial charge in [0.2, 0.25) is 23.7 Å². The molecule has 3 aromatic carbocycles. The number of nitrogens with zero attached hydrogens (tertiary/aromatic N) is 8. The molecule has 7 heterocycles. The zero-order valence-electron chi connectivity index (χ0n) is 34.2. The van der Waals surface area contributed by atoms with E-state index in [1.54, 1.807) is 46.8 Å². The number of aryl methyl sites for hydroxylation is 1. The molecule has 5 amide bonds. The molecule has 1 atom stereocenters. The summed E-state index contributed by atoms with van der Waals surface area (Å²) in [5.74, 6) is -1.81. The van der Waals surface area contributed by atoms with Gasteiger partial charge in [0.05, 0.1) is 38.5 Å². The van der Waals surface area contributed by atoms with Crippen LogP contribution in [0.3, 0.4) is 0 Å². The Balaban J connectivity index is 0.755. The molecule has 1 N–H and O–H groups in total. The third-order valence-electron chi connectivity index (χ3n) is 13.2. The number of hydrogen-bond acceptors (Lipinski definition) is 10. The molecule has 5 aliphatic heterocycles. The number of nitrogens with one attached hydrogen (secondary N) is 1. The minimum absolute atomic E-state index is 0.0682. The van der Waals surface area contributed by atoms with Gasteiger partial charge in [-0.15, -0.1) is 0 Å². The van der Waals surface area contributed by atoms with Gasteiger partial charge in [-0.05, 0) is 92.1 Å². The van der Waals surface area contributed by atoms with E-state index < -0.39 is 41.0 Å². The molecule has 314 valence electrons. The Hall–Kier alpha value is -6.63. The van der Waals surface area contributed by atoms with Crippen molar-refractivity contribution in [3.05, 3.63) is 100 Å². The molecule has 0 saturated carbocycles. The van der Waals surface area contributed by atoms with Gasteiger partial charge in [-0.1, -0.05) is 17.7 Å². The highest BCUT2D eigenvalue weighted by atomic mass is 35.5. The lowest BCUT2D eigenvalue weighted by atomic mass is 9.85. The van der Waals surface area contributed by atoms with Crippen molar-refractivity contribution in [3.8, 4) is 17.2 Å². The third-order valence-corrected chi connectivity index (χ3v) is 13.5. The molecule has 14 nitrogen and oxygen atoms in total. The van der Waals surface area contributed by atoms with Crippen molar-refractivity contribution in [1.82, 2.24) is 24.7 Å². The summed E-state index contributed by atoms with van der Waals surface area (Å²) in [5.41, 5.74) is 4.71. The Morgan fingerprint density at radius 3 is 2.37 bits per heavy atom. The molecule has 1 unspecified atom stereocenters. The maximum Gasteiger partial charge on any atom is 0.278 e. The zero-order chi connectivity index (χ0) is 43.4. The second kappa shape index (κ2) is 14.5. The number of rotatable bonds is 7. The fourth-order valence-electron chi connectivity index (χ4n) is 9.76. The highest BCUT2D eigenvalue weighted by molar-refractivity contribution is 6.32. The van der Waals surface area contributed by atoms with Gasteiger partial charge >= 0.3 is 0 Å². The third kappa shape index (κ3) is 6.14. The van der Waals surface area contributed by atoms with Gasteiger partial charge < -0.3 is 14.4 Å². The van der Waals surface area contributed by atoms with Crippen LogP contribution in [0.2, 0.25) is 5.02 Å². The number of pyridine rings is 1. The van der Waals surface area contributed by atoms with Crippen LogP contribution < -0.4 is 20.0 Å². The van der Waals surface area contributed by atoms with E-state index in [2.05, 4.69) is 25.0 Å². The molecular weight excluding hydrogens is 813 g/mol. The summed E-state index contributed by atoms with van der Waals surface area (Å²) in [4.78, 5) is 78.8. The lowest BCUT2D eigenvalue weighted by molar-refractivity contribution is -0.136. The molecule has 0 radical (unpaired) electrons. The van der Waals surface area contributed by atoms with Crippen LogP contribution in [-0.4, -0.2) is 101 Å². The van der Waals surface area contributed by atoms with Crippen molar-refractivity contribution in [2.75, 3.05) is 60.5 Å². The van der Waals surface area contributed by atoms with Crippen LogP contribution in [0.5, 0.6) is 0 Å². The molecule has 5 aromatic rings. The summed E-state index contributed by atoms with van der Waals surface area (Å²) in [6, 6.07) is 20.9. The van der Waals surface area contributed by atoms with E-state index in [1.165, 1.54) is 0 Å². The van der Waals surface area contributed by atoms with Gasteiger partial charge in [-0.3, -0.25) is 44.0 Å². The van der Waals surface area contributed by atoms with Crippen LogP contribution in [0.25, 0.3) is 22.0 Å². The number of amides is 5. The maximum absolute atomic E-state index is 15.8. The average molecular weight is 854 g/mol. The summed E-state index contributed by atoms with van der Waals surface area (Å²) in [6.45, 7) is 9.46. The smallest absolute Gasteiger partial charge is 0.278 e. The molecule has 2 aromatic heterocycles. The normalized spacial score (nSPS) is 20.2. The first-order valence-corrected chi connectivity index (χ1v) is 21.0. The fraction of sp³-hybridized carbons (Fsp3) is 0.326. The van der Waals surface area contributed by atoms with E-state index >= 15 is 4.39 Å². The van der Waals surface area contributed by atoms with Crippen molar-refractivity contribution in [3.63, 3.8) is 0 Å². The predicted molar refractivity (Wildman–Crippen MR) is 230 cm³/mol. The summed E-state index contributed by atoms with van der Waals surface area (Å²) >= 11 is 6.31. The number of carbonyl (C=O) groups is 5. The second-order valence-corrected chi connectivity index (χ2v) is 17.7. The first-order chi connectivity index (χ1) is 29.7. The van der Waals surface area contributed by atoms with Crippen LogP contribution >= 0.6 is 11.6 Å². The maximum atomic E-state index is 15.8. The molecule has 0 spiro atoms. The van der Waals surface area contributed by atoms with Gasteiger partial charge in [0.1, 0.15) is 23.6 Å². The number of piperazine rings is 1. The first kappa shape index (κ1) is 39.5. The van der Waals surface area contributed by atoms with Gasteiger partial charge in [-0.2, -0.15) is 9.65 Å². The second-order valence-electron chi connectivity index (χ2n) is 17.3. The number of imide groups is 2. The molecule has 5 aliphatic rings. The minimum Gasteiger partial charge on any atom is -0.369 e. The van der Waals surface area contributed by atoms with Gasteiger partial charge in [0.15, 0.2) is 0 Å². The molecular formula is C46H41ClFN9O5. The number of anilines is 4. The molecule has 0 aliphatic carbocycles. The van der Waals surface area contributed by atoms with Crippen molar-refractivity contribution in [2.24, 2.45) is 13.0 Å². The van der Waals surface area contributed by atoms with E-state index in [-0.39, 0.29) is 29.5 Å². The Kier molecular flexibility index (Phi) is 9.23. The number of hydrogen-bond donors (Lipinski definition) is 1. The van der Waals surface area contributed by atoms with Crippen LogP contribution in [0.1, 0.15) is 58.7 Å². The molecule has 62 heavy (non-hydrogen) atoms. The van der Waals surface area contributed by atoms with E-state index in [0.717, 1.165) is 67.5 Å². The largest absolute Gasteiger partial charge is 0.369 e. The van der Waals surface area contributed by atoms with E-state index in [9.17, 15) is 29.2 Å². The Morgan fingerprint density at radius 2 is 1.66 bits per heavy atom. The number of carbonyl (C=O) groups excluding carboxylic acids is 5. The average Bonchev–Trinajstić information content (AvgIpc) is 3.76. The molecule has 3 fully saturated rings. The Morgan fingerprint density at radius 1 is 0.903 bits per heavy atom. The molecule has 3 saturated heterocycles. The fourth-order valence-corrected chi connectivity index (χ4v) is 9.98. The van der Waals surface area contributed by atoms with Crippen LogP contribution in [0, 0.1) is 23.2 Å². The quantitative estimate of drug-likeness (QED) is 0.164. The van der Waals surface area contributed by atoms with E-state index in [0.29, 0.717) is 50.8 Å². The predicted octanol–water partition coefficient (Wildman–Crippen LogP) is 5.52. The van der Waals surface area contributed by atoms with E-state index in [4.69, 9.17) is 11.6 Å². The van der Waals surface area contributed by atoms with Crippen molar-refractivity contribution >= 4 is 74.9 Å². The standard InChI is InChI=1S/C46H41ClFN9O5/c1-46(2)32-18-26(5-10-34(32)56(45(46)62)29-6-4-27(21-49)33(47)19-29)30-9-12-37(50-41(30)48)55-23-25(24-55)22-53-14-16-54(17-15-53)28-7-8-31-36(20-28)52(3)40-39(31)43(60)57(44(40)61)35-11-13-38(58)51-42(35)59/h4-10,12,18-20,25,35H,11,13-17,22-24H2,1-3H3,(H,51,58,59). The molecule has 16 heteroatoms. The molecule has 10 rings (SSSR count). The van der Waals surface area contributed by atoms with Crippen LogP contribution in [-0.2, 0) is 26.8 Å². The Bertz CT molecular complexity index is 2860. The zero-order valence-corrected chi connectivity index (χ0v) is 35.0. The Labute approximate surface area is 361 Å². The number of aromatic nitrogens is 2.